The van der Waals surface area contributed by atoms with Gasteiger partial charge in [0.2, 0.25) is 0 Å². The van der Waals surface area contributed by atoms with Gasteiger partial charge in [-0.3, -0.25) is 0 Å². The first-order valence-corrected chi connectivity index (χ1v) is 8.61. The highest BCUT2D eigenvalue weighted by atomic mass is 15.0. The van der Waals surface area contributed by atoms with Gasteiger partial charge in [-0.25, -0.2) is 0 Å². The predicted molar refractivity (Wildman–Crippen MR) is 96.5 cm³/mol. The number of nitrogens with one attached hydrogen (secondary N) is 1. The highest BCUT2D eigenvalue weighted by Gasteiger charge is 2.41. The van der Waals surface area contributed by atoms with Crippen LogP contribution in [0, 0.1) is 11.8 Å². The normalized spacial score (nSPS) is 25.5. The van der Waals surface area contributed by atoms with Gasteiger partial charge in [-0.2, -0.15) is 0 Å². The van der Waals surface area contributed by atoms with Gasteiger partial charge in [0.1, 0.15) is 0 Å². The summed E-state index contributed by atoms with van der Waals surface area (Å²) in [5.74, 6) is 1.69. The van der Waals surface area contributed by atoms with Crippen LogP contribution in [0.4, 0.5) is 5.69 Å². The summed E-state index contributed by atoms with van der Waals surface area (Å²) in [4.78, 5) is 0. The Morgan fingerprint density at radius 1 is 1.05 bits per heavy atom. The van der Waals surface area contributed by atoms with Crippen LogP contribution in [0.1, 0.15) is 58.6 Å². The molecule has 2 aliphatic rings. The fourth-order valence-corrected chi connectivity index (χ4v) is 3.82. The van der Waals surface area contributed by atoms with Gasteiger partial charge in [0.25, 0.3) is 0 Å². The lowest BCUT2D eigenvalue weighted by Crippen LogP contribution is -2.45. The van der Waals surface area contributed by atoms with E-state index in [0.29, 0.717) is 23.8 Å². The third-order valence-electron chi connectivity index (χ3n) is 5.48. The molecule has 0 saturated heterocycles. The molecule has 0 spiro atoms. The highest BCUT2D eigenvalue weighted by Crippen LogP contribution is 2.46. The monoisotopic (exact) mass is 295 g/mol. The van der Waals surface area contributed by atoms with Crippen molar-refractivity contribution in [1.82, 2.24) is 0 Å². The Kier molecular flexibility index (Phi) is 3.71. The van der Waals surface area contributed by atoms with Crippen molar-refractivity contribution in [3.8, 4) is 0 Å². The number of fused-ring (bicyclic) bond motifs is 2. The minimum absolute atomic E-state index is 0.154. The molecule has 3 rings (SSSR count). The number of anilines is 1. The summed E-state index contributed by atoms with van der Waals surface area (Å²) >= 11 is 0. The predicted octanol–water partition coefficient (Wildman–Crippen LogP) is 5.65. The number of allylic oxidation sites excluding steroid dienone is 2. The van der Waals surface area contributed by atoms with Gasteiger partial charge in [0.15, 0.2) is 0 Å². The van der Waals surface area contributed by atoms with Crippen LogP contribution in [0.15, 0.2) is 42.0 Å². The van der Waals surface area contributed by atoms with Crippen molar-refractivity contribution in [3.05, 3.63) is 53.1 Å². The summed E-state index contributed by atoms with van der Waals surface area (Å²) in [5, 5.41) is 3.75. The quantitative estimate of drug-likeness (QED) is 0.743. The smallest absolute Gasteiger partial charge is 0.0518 e. The Balaban J connectivity index is 2.07. The molecule has 0 fully saturated rings. The van der Waals surface area contributed by atoms with Crippen molar-refractivity contribution in [2.45, 2.75) is 58.9 Å². The van der Waals surface area contributed by atoms with E-state index in [4.69, 9.17) is 0 Å². The van der Waals surface area contributed by atoms with Crippen LogP contribution in [0.25, 0.3) is 0 Å². The minimum Gasteiger partial charge on any atom is -0.378 e. The maximum Gasteiger partial charge on any atom is 0.0518 e. The Hall–Kier alpha value is -1.50. The molecule has 0 aromatic heterocycles. The highest BCUT2D eigenvalue weighted by molar-refractivity contribution is 5.62. The van der Waals surface area contributed by atoms with Crippen molar-refractivity contribution >= 4 is 5.69 Å². The van der Waals surface area contributed by atoms with E-state index in [1.54, 1.807) is 0 Å². The maximum absolute atomic E-state index is 3.75. The third-order valence-corrected chi connectivity index (χ3v) is 5.48. The largest absolute Gasteiger partial charge is 0.378 e. The van der Waals surface area contributed by atoms with Gasteiger partial charge in [-0.05, 0) is 34.6 Å². The Bertz CT molecular complexity index is 631. The summed E-state index contributed by atoms with van der Waals surface area (Å²) in [6.45, 7) is 13.9. The minimum atomic E-state index is 0.154. The van der Waals surface area contributed by atoms with Crippen LogP contribution in [-0.2, 0) is 5.41 Å². The second kappa shape index (κ2) is 5.30. The Morgan fingerprint density at radius 2 is 1.77 bits per heavy atom. The average molecular weight is 295 g/mol. The zero-order chi connectivity index (χ0) is 16.1. The van der Waals surface area contributed by atoms with Gasteiger partial charge in [0.05, 0.1) is 6.04 Å². The van der Waals surface area contributed by atoms with Crippen LogP contribution in [0.2, 0.25) is 0 Å². The third kappa shape index (κ3) is 2.41. The molecule has 0 saturated carbocycles. The second-order valence-corrected chi connectivity index (χ2v) is 8.06. The molecule has 1 aliphatic carbocycles. The molecule has 2 atom stereocenters. The molecule has 0 bridgehead atoms. The van der Waals surface area contributed by atoms with Gasteiger partial charge in [-0.1, -0.05) is 71.9 Å². The van der Waals surface area contributed by atoms with Crippen LogP contribution < -0.4 is 5.32 Å². The standard InChI is InChI=1S/C21H29N/c1-13(2)15-7-9-19-17(11-15)21(5,6)18-12-16(14(3)4)8-10-20(18)22-19/h7-14,17,19,22H,1-6H3. The fourth-order valence-electron chi connectivity index (χ4n) is 3.82. The molecule has 0 amide bonds. The lowest BCUT2D eigenvalue weighted by molar-refractivity contribution is 0.345. The molecule has 1 aliphatic heterocycles. The SMILES string of the molecule is CC(C)C1=CC2C(C=C1)Nc1ccc(C(C)C)cc1C2(C)C. The average Bonchev–Trinajstić information content (AvgIpc) is 2.46. The Labute approximate surface area is 135 Å². The molecule has 118 valence electrons. The first kappa shape index (κ1) is 15.4. The number of rotatable bonds is 2. The van der Waals surface area contributed by atoms with Crippen molar-refractivity contribution in [2.75, 3.05) is 5.32 Å². The van der Waals surface area contributed by atoms with E-state index in [1.165, 1.54) is 22.4 Å². The molecular weight excluding hydrogens is 266 g/mol. The molecular formula is C21H29N. The van der Waals surface area contributed by atoms with E-state index in [9.17, 15) is 0 Å². The zero-order valence-corrected chi connectivity index (χ0v) is 14.8. The lowest BCUT2D eigenvalue weighted by Gasteiger charge is -2.46. The summed E-state index contributed by atoms with van der Waals surface area (Å²) in [7, 11) is 0. The lowest BCUT2D eigenvalue weighted by atomic mass is 9.64. The summed E-state index contributed by atoms with van der Waals surface area (Å²) in [6, 6.07) is 7.38. The van der Waals surface area contributed by atoms with Crippen molar-refractivity contribution in [3.63, 3.8) is 0 Å². The zero-order valence-electron chi connectivity index (χ0n) is 14.8. The topological polar surface area (TPSA) is 12.0 Å². The van der Waals surface area contributed by atoms with Crippen molar-refractivity contribution < 1.29 is 0 Å². The van der Waals surface area contributed by atoms with Crippen LogP contribution >= 0.6 is 0 Å². The van der Waals surface area contributed by atoms with Crippen LogP contribution in [-0.4, -0.2) is 6.04 Å². The molecule has 0 radical (unpaired) electrons. The summed E-state index contributed by atoms with van der Waals surface area (Å²) in [5.41, 5.74) is 5.84. The fraction of sp³-hybridized carbons (Fsp3) is 0.524. The molecule has 1 heteroatoms. The molecule has 1 N–H and O–H groups in total. The van der Waals surface area contributed by atoms with Gasteiger partial charge >= 0.3 is 0 Å². The van der Waals surface area contributed by atoms with Gasteiger partial charge < -0.3 is 5.32 Å². The number of benzene rings is 1. The van der Waals surface area contributed by atoms with Gasteiger partial charge in [-0.15, -0.1) is 0 Å². The van der Waals surface area contributed by atoms with E-state index < -0.39 is 0 Å². The first-order valence-electron chi connectivity index (χ1n) is 8.61. The maximum atomic E-state index is 3.75. The summed E-state index contributed by atoms with van der Waals surface area (Å²) in [6.07, 6.45) is 7.18. The molecule has 1 heterocycles. The van der Waals surface area contributed by atoms with E-state index in [1.807, 2.05) is 0 Å². The van der Waals surface area contributed by atoms with Crippen LogP contribution in [0.3, 0.4) is 0 Å². The second-order valence-electron chi connectivity index (χ2n) is 8.06. The van der Waals surface area contributed by atoms with Crippen LogP contribution in [0.5, 0.6) is 0 Å². The van der Waals surface area contributed by atoms with E-state index in [0.717, 1.165) is 0 Å². The van der Waals surface area contributed by atoms with Gasteiger partial charge in [0, 0.05) is 17.0 Å². The molecule has 22 heavy (non-hydrogen) atoms. The first-order chi connectivity index (χ1) is 10.3. The van der Waals surface area contributed by atoms with E-state index >= 15 is 0 Å². The Morgan fingerprint density at radius 3 is 2.41 bits per heavy atom. The molecule has 2 unspecified atom stereocenters. The number of hydrogen-bond acceptors (Lipinski definition) is 1. The molecule has 1 aromatic carbocycles. The van der Waals surface area contributed by atoms with E-state index in [-0.39, 0.29) is 5.41 Å². The van der Waals surface area contributed by atoms with E-state index in [2.05, 4.69) is 83.3 Å². The van der Waals surface area contributed by atoms with Crippen molar-refractivity contribution in [1.29, 1.82) is 0 Å². The van der Waals surface area contributed by atoms with Crippen molar-refractivity contribution in [2.24, 2.45) is 11.8 Å². The molecule has 1 aromatic rings. The summed E-state index contributed by atoms with van der Waals surface area (Å²) < 4.78 is 0. The number of hydrogen-bond donors (Lipinski definition) is 1. The molecule has 1 nitrogen and oxygen atoms in total.